The summed E-state index contributed by atoms with van der Waals surface area (Å²) in [6.45, 7) is 1.92. The van der Waals surface area contributed by atoms with E-state index in [1.54, 1.807) is 0 Å². The first-order valence-corrected chi connectivity index (χ1v) is 4.70. The van der Waals surface area contributed by atoms with Crippen LogP contribution in [-0.4, -0.2) is 0 Å². The molecule has 2 aromatic rings. The molecule has 62 valence electrons. The predicted molar refractivity (Wildman–Crippen MR) is 53.7 cm³/mol. The largest absolute Gasteiger partial charge is 0.460 e. The smallest absolute Gasteiger partial charge is 0.149 e. The van der Waals surface area contributed by atoms with Crippen molar-refractivity contribution in [2.75, 3.05) is 0 Å². The van der Waals surface area contributed by atoms with E-state index >= 15 is 0 Å². The van der Waals surface area contributed by atoms with Crippen LogP contribution in [0.3, 0.4) is 0 Å². The van der Waals surface area contributed by atoms with Gasteiger partial charge in [0.1, 0.15) is 11.3 Å². The van der Waals surface area contributed by atoms with Gasteiger partial charge in [-0.2, -0.15) is 0 Å². The van der Waals surface area contributed by atoms with Crippen molar-refractivity contribution in [2.45, 2.75) is 6.92 Å². The number of hydrogen-bond donors (Lipinski definition) is 0. The van der Waals surface area contributed by atoms with E-state index in [4.69, 9.17) is 16.0 Å². The van der Waals surface area contributed by atoms with E-state index in [2.05, 4.69) is 15.9 Å². The average molecular weight is 246 g/mol. The molecule has 0 saturated heterocycles. The first-order chi connectivity index (χ1) is 5.68. The van der Waals surface area contributed by atoms with Crippen LogP contribution < -0.4 is 0 Å². The summed E-state index contributed by atoms with van der Waals surface area (Å²) < 4.78 is 6.28. The topological polar surface area (TPSA) is 13.1 Å². The molecule has 0 radical (unpaired) electrons. The lowest BCUT2D eigenvalue weighted by molar-refractivity contribution is 0.577. The van der Waals surface area contributed by atoms with Gasteiger partial charge in [-0.25, -0.2) is 0 Å². The maximum atomic E-state index is 5.89. The normalized spacial score (nSPS) is 10.9. The van der Waals surface area contributed by atoms with Gasteiger partial charge in [0.2, 0.25) is 0 Å². The Labute approximate surface area is 83.4 Å². The fourth-order valence-corrected chi connectivity index (χ4v) is 1.76. The molecule has 0 atom stereocenters. The molecule has 0 bridgehead atoms. The Kier molecular flexibility index (Phi) is 1.89. The molecule has 1 nitrogen and oxygen atoms in total. The highest BCUT2D eigenvalue weighted by Crippen LogP contribution is 2.32. The molecule has 3 heteroatoms. The van der Waals surface area contributed by atoms with E-state index in [-0.39, 0.29) is 0 Å². The molecule has 0 saturated carbocycles. The summed E-state index contributed by atoms with van der Waals surface area (Å²) in [7, 11) is 0. The maximum absolute atomic E-state index is 5.89. The Morgan fingerprint density at radius 3 is 2.92 bits per heavy atom. The van der Waals surface area contributed by atoms with Crippen molar-refractivity contribution < 1.29 is 4.42 Å². The van der Waals surface area contributed by atoms with Gasteiger partial charge >= 0.3 is 0 Å². The number of hydrogen-bond acceptors (Lipinski definition) is 1. The maximum Gasteiger partial charge on any atom is 0.149 e. The molecule has 12 heavy (non-hydrogen) atoms. The molecular formula is C9H6BrClO. The summed E-state index contributed by atoms with van der Waals surface area (Å²) in [5.74, 6) is 0.896. The van der Waals surface area contributed by atoms with Gasteiger partial charge in [-0.1, -0.05) is 11.6 Å². The average Bonchev–Trinajstić information content (AvgIpc) is 2.39. The molecule has 0 aliphatic rings. The lowest BCUT2D eigenvalue weighted by Crippen LogP contribution is -1.68. The van der Waals surface area contributed by atoms with Crippen LogP contribution in [0.5, 0.6) is 0 Å². The number of rotatable bonds is 0. The van der Waals surface area contributed by atoms with Crippen LogP contribution in [0.1, 0.15) is 5.76 Å². The van der Waals surface area contributed by atoms with Crippen LogP contribution in [0.15, 0.2) is 27.1 Å². The van der Waals surface area contributed by atoms with E-state index in [1.807, 2.05) is 25.1 Å². The standard InChI is InChI=1S/C9H6BrClO/c1-5-4-6-2-3-7(11)8(10)9(6)12-5/h2-4H,1H3. The zero-order valence-corrected chi connectivity index (χ0v) is 8.74. The first kappa shape index (κ1) is 8.14. The Morgan fingerprint density at radius 2 is 2.17 bits per heavy atom. The molecule has 2 rings (SSSR count). The van der Waals surface area contributed by atoms with Crippen LogP contribution in [-0.2, 0) is 0 Å². The van der Waals surface area contributed by atoms with Crippen LogP contribution in [0.2, 0.25) is 5.02 Å². The second kappa shape index (κ2) is 2.79. The van der Waals surface area contributed by atoms with Gasteiger partial charge in [-0.3, -0.25) is 0 Å². The molecule has 0 aliphatic carbocycles. The molecule has 0 fully saturated rings. The lowest BCUT2D eigenvalue weighted by Gasteiger charge is -1.94. The van der Waals surface area contributed by atoms with Crippen molar-refractivity contribution in [3.8, 4) is 0 Å². The van der Waals surface area contributed by atoms with Gasteiger partial charge in [0.25, 0.3) is 0 Å². The number of fused-ring (bicyclic) bond motifs is 1. The summed E-state index contributed by atoms with van der Waals surface area (Å²) in [5, 5.41) is 1.75. The zero-order chi connectivity index (χ0) is 8.72. The number of furan rings is 1. The van der Waals surface area contributed by atoms with E-state index < -0.39 is 0 Å². The van der Waals surface area contributed by atoms with Crippen molar-refractivity contribution in [1.29, 1.82) is 0 Å². The minimum atomic E-state index is 0.678. The minimum Gasteiger partial charge on any atom is -0.460 e. The Morgan fingerprint density at radius 1 is 1.42 bits per heavy atom. The molecule has 1 aromatic carbocycles. The molecule has 1 heterocycles. The second-order valence-corrected chi connectivity index (χ2v) is 3.84. The fourth-order valence-electron chi connectivity index (χ4n) is 1.17. The summed E-state index contributed by atoms with van der Waals surface area (Å²) in [6.07, 6.45) is 0. The first-order valence-electron chi connectivity index (χ1n) is 3.52. The quantitative estimate of drug-likeness (QED) is 0.679. The highest BCUT2D eigenvalue weighted by Gasteiger charge is 2.06. The lowest BCUT2D eigenvalue weighted by atomic mass is 10.2. The minimum absolute atomic E-state index is 0.678. The van der Waals surface area contributed by atoms with Crippen LogP contribution >= 0.6 is 27.5 Å². The molecule has 0 N–H and O–H groups in total. The molecule has 1 aromatic heterocycles. The monoisotopic (exact) mass is 244 g/mol. The van der Waals surface area contributed by atoms with Gasteiger partial charge in [-0.05, 0) is 41.1 Å². The van der Waals surface area contributed by atoms with Gasteiger partial charge < -0.3 is 4.42 Å². The summed E-state index contributed by atoms with van der Waals surface area (Å²) in [4.78, 5) is 0. The van der Waals surface area contributed by atoms with E-state index in [0.717, 1.165) is 21.2 Å². The van der Waals surface area contributed by atoms with Crippen molar-refractivity contribution in [2.24, 2.45) is 0 Å². The highest BCUT2D eigenvalue weighted by molar-refractivity contribution is 9.10. The Bertz CT molecular complexity index is 433. The fraction of sp³-hybridized carbons (Fsp3) is 0.111. The molecule has 0 aliphatic heterocycles. The SMILES string of the molecule is Cc1cc2ccc(Cl)c(Br)c2o1. The number of halogens is 2. The molecule has 0 amide bonds. The highest BCUT2D eigenvalue weighted by atomic mass is 79.9. The number of benzene rings is 1. The predicted octanol–water partition coefficient (Wildman–Crippen LogP) is 4.16. The van der Waals surface area contributed by atoms with Crippen LogP contribution in [0.4, 0.5) is 0 Å². The van der Waals surface area contributed by atoms with Crippen LogP contribution in [0.25, 0.3) is 11.0 Å². The van der Waals surface area contributed by atoms with Gasteiger partial charge in [0, 0.05) is 5.39 Å². The third-order valence-corrected chi connectivity index (χ3v) is 3.03. The van der Waals surface area contributed by atoms with E-state index in [1.165, 1.54) is 0 Å². The summed E-state index contributed by atoms with van der Waals surface area (Å²) >= 11 is 9.26. The van der Waals surface area contributed by atoms with Gasteiger partial charge in [0.05, 0.1) is 9.50 Å². The van der Waals surface area contributed by atoms with Gasteiger partial charge in [-0.15, -0.1) is 0 Å². The molecule has 0 spiro atoms. The Hall–Kier alpha value is -0.470. The molecular weight excluding hydrogens is 239 g/mol. The third-order valence-electron chi connectivity index (χ3n) is 1.70. The second-order valence-electron chi connectivity index (χ2n) is 2.64. The van der Waals surface area contributed by atoms with Crippen molar-refractivity contribution >= 4 is 38.5 Å². The Balaban J connectivity index is 2.89. The molecule has 0 unspecified atom stereocenters. The third kappa shape index (κ3) is 1.15. The van der Waals surface area contributed by atoms with E-state index in [9.17, 15) is 0 Å². The summed E-state index contributed by atoms with van der Waals surface area (Å²) in [6, 6.07) is 5.78. The van der Waals surface area contributed by atoms with Gasteiger partial charge in [0.15, 0.2) is 0 Å². The van der Waals surface area contributed by atoms with Crippen molar-refractivity contribution in [3.05, 3.63) is 33.5 Å². The number of aryl methyl sites for hydroxylation is 1. The van der Waals surface area contributed by atoms with Crippen molar-refractivity contribution in [1.82, 2.24) is 0 Å². The van der Waals surface area contributed by atoms with Crippen LogP contribution in [0, 0.1) is 6.92 Å². The van der Waals surface area contributed by atoms with Crippen molar-refractivity contribution in [3.63, 3.8) is 0 Å². The zero-order valence-electron chi connectivity index (χ0n) is 6.40. The summed E-state index contributed by atoms with van der Waals surface area (Å²) in [5.41, 5.74) is 0.819. The van der Waals surface area contributed by atoms with E-state index in [0.29, 0.717) is 5.02 Å².